The number of nitrogens with zero attached hydrogens (tertiary/aromatic N) is 2. The molecular formula is C14H12ClN3OS. The molecule has 2 aromatic heterocycles. The van der Waals surface area contributed by atoms with Gasteiger partial charge in [0.2, 0.25) is 11.8 Å². The summed E-state index contributed by atoms with van der Waals surface area (Å²) >= 11 is 7.58. The normalized spacial score (nSPS) is 10.8. The number of hydrogen-bond donors (Lipinski definition) is 1. The van der Waals surface area contributed by atoms with E-state index >= 15 is 0 Å². The maximum Gasteiger partial charge on any atom is 0.232 e. The number of anilines is 1. The first-order chi connectivity index (χ1) is 9.65. The van der Waals surface area contributed by atoms with E-state index in [9.17, 15) is 0 Å². The molecule has 0 aliphatic carbocycles. The van der Waals surface area contributed by atoms with Gasteiger partial charge in [0.1, 0.15) is 10.6 Å². The number of hydrogen-bond acceptors (Lipinski definition) is 5. The maximum absolute atomic E-state index is 5.97. The van der Waals surface area contributed by atoms with E-state index in [1.54, 1.807) is 30.5 Å². The molecule has 4 nitrogen and oxygen atoms in total. The average Bonchev–Trinajstić information content (AvgIpc) is 2.79. The van der Waals surface area contributed by atoms with Crippen molar-refractivity contribution >= 4 is 39.1 Å². The second-order valence-electron chi connectivity index (χ2n) is 4.24. The zero-order chi connectivity index (χ0) is 14.1. The molecule has 1 aromatic carbocycles. The smallest absolute Gasteiger partial charge is 0.232 e. The molecule has 0 fully saturated rings. The molecule has 3 rings (SSSR count). The highest BCUT2D eigenvalue weighted by Gasteiger charge is 2.12. The van der Waals surface area contributed by atoms with Gasteiger partial charge >= 0.3 is 0 Å². The van der Waals surface area contributed by atoms with Gasteiger partial charge in [0.15, 0.2) is 0 Å². The predicted molar refractivity (Wildman–Crippen MR) is 83.2 cm³/mol. The Morgan fingerprint density at radius 1 is 1.25 bits per heavy atom. The van der Waals surface area contributed by atoms with Crippen LogP contribution in [0.2, 0.25) is 5.02 Å². The van der Waals surface area contributed by atoms with Gasteiger partial charge in [-0.15, -0.1) is 11.3 Å². The van der Waals surface area contributed by atoms with Gasteiger partial charge in [-0.25, -0.2) is 4.98 Å². The van der Waals surface area contributed by atoms with Gasteiger partial charge < -0.3 is 10.1 Å². The van der Waals surface area contributed by atoms with Gasteiger partial charge in [0, 0.05) is 16.9 Å². The van der Waals surface area contributed by atoms with E-state index < -0.39 is 0 Å². The van der Waals surface area contributed by atoms with E-state index in [-0.39, 0.29) is 0 Å². The van der Waals surface area contributed by atoms with Gasteiger partial charge in [-0.1, -0.05) is 17.7 Å². The molecule has 0 aliphatic heterocycles. The summed E-state index contributed by atoms with van der Waals surface area (Å²) in [6.45, 7) is 2.04. The average molecular weight is 306 g/mol. The molecule has 2 heterocycles. The van der Waals surface area contributed by atoms with Crippen LogP contribution < -0.4 is 10.1 Å². The number of thiophene rings is 1. The largest absolute Gasteiger partial charge is 0.438 e. The van der Waals surface area contributed by atoms with Gasteiger partial charge in [-0.05, 0) is 31.2 Å². The number of ether oxygens (including phenoxy) is 1. The van der Waals surface area contributed by atoms with Crippen LogP contribution in [-0.4, -0.2) is 17.0 Å². The molecule has 20 heavy (non-hydrogen) atoms. The molecular weight excluding hydrogens is 294 g/mol. The third-order valence-electron chi connectivity index (χ3n) is 2.72. The van der Waals surface area contributed by atoms with Crippen LogP contribution in [0, 0.1) is 6.92 Å². The molecule has 0 bridgehead atoms. The lowest BCUT2D eigenvalue weighted by atomic mass is 10.3. The fourth-order valence-corrected chi connectivity index (χ4v) is 2.90. The Labute approximate surface area is 125 Å². The molecule has 0 radical (unpaired) electrons. The van der Waals surface area contributed by atoms with E-state index in [1.165, 1.54) is 4.88 Å². The minimum absolute atomic E-state index is 0.533. The molecule has 0 aliphatic rings. The molecule has 6 heteroatoms. The first-order valence-electron chi connectivity index (χ1n) is 6.05. The standard InChI is InChI=1S/C14H12ClN3OS/c1-8-6-11-12(17-14(16-2)18-13(11)20-8)19-10-5-3-4-9(15)7-10/h3-7H,1-2H3,(H,16,17,18). The Bertz CT molecular complexity index is 772. The minimum Gasteiger partial charge on any atom is -0.438 e. The zero-order valence-corrected chi connectivity index (χ0v) is 12.5. The number of rotatable bonds is 3. The van der Waals surface area contributed by atoms with Crippen LogP contribution in [0.4, 0.5) is 5.95 Å². The van der Waals surface area contributed by atoms with Crippen LogP contribution in [0.25, 0.3) is 10.2 Å². The third-order valence-corrected chi connectivity index (χ3v) is 3.89. The Balaban J connectivity index is 2.09. The highest BCUT2D eigenvalue weighted by Crippen LogP contribution is 2.33. The van der Waals surface area contributed by atoms with Gasteiger partial charge in [0.25, 0.3) is 0 Å². The number of aryl methyl sites for hydroxylation is 1. The molecule has 3 aromatic rings. The second kappa shape index (κ2) is 5.26. The Morgan fingerprint density at radius 2 is 2.10 bits per heavy atom. The molecule has 102 valence electrons. The molecule has 0 amide bonds. The highest BCUT2D eigenvalue weighted by molar-refractivity contribution is 7.18. The minimum atomic E-state index is 0.533. The van der Waals surface area contributed by atoms with E-state index in [2.05, 4.69) is 15.3 Å². The molecule has 0 spiro atoms. The van der Waals surface area contributed by atoms with Crippen molar-refractivity contribution in [1.82, 2.24) is 9.97 Å². The summed E-state index contributed by atoms with van der Waals surface area (Å²) in [6, 6.07) is 9.27. The van der Waals surface area contributed by atoms with Gasteiger partial charge in [-0.2, -0.15) is 4.98 Å². The lowest BCUT2D eigenvalue weighted by Crippen LogP contribution is -1.98. The van der Waals surface area contributed by atoms with Crippen molar-refractivity contribution in [1.29, 1.82) is 0 Å². The van der Waals surface area contributed by atoms with Crippen molar-refractivity contribution in [3.05, 3.63) is 40.2 Å². The van der Waals surface area contributed by atoms with Crippen molar-refractivity contribution in [3.8, 4) is 11.6 Å². The molecule has 0 saturated carbocycles. The molecule has 0 atom stereocenters. The van der Waals surface area contributed by atoms with Gasteiger partial charge in [-0.3, -0.25) is 0 Å². The first kappa shape index (κ1) is 13.1. The van der Waals surface area contributed by atoms with Crippen LogP contribution in [0.3, 0.4) is 0 Å². The van der Waals surface area contributed by atoms with Crippen molar-refractivity contribution in [3.63, 3.8) is 0 Å². The van der Waals surface area contributed by atoms with E-state index in [0.29, 0.717) is 22.6 Å². The van der Waals surface area contributed by atoms with Crippen molar-refractivity contribution < 1.29 is 4.74 Å². The topological polar surface area (TPSA) is 47.0 Å². The van der Waals surface area contributed by atoms with E-state index in [1.807, 2.05) is 25.1 Å². The van der Waals surface area contributed by atoms with Crippen LogP contribution in [0.1, 0.15) is 4.88 Å². The summed E-state index contributed by atoms with van der Waals surface area (Å²) < 4.78 is 5.86. The monoisotopic (exact) mass is 305 g/mol. The summed E-state index contributed by atoms with van der Waals surface area (Å²) in [7, 11) is 1.78. The number of benzene rings is 1. The predicted octanol–water partition coefficient (Wildman–Crippen LogP) is 4.49. The Morgan fingerprint density at radius 3 is 2.85 bits per heavy atom. The lowest BCUT2D eigenvalue weighted by molar-refractivity contribution is 0.469. The molecule has 0 unspecified atom stereocenters. The quantitative estimate of drug-likeness (QED) is 0.774. The number of halogens is 1. The highest BCUT2D eigenvalue weighted by atomic mass is 35.5. The van der Waals surface area contributed by atoms with Crippen molar-refractivity contribution in [2.24, 2.45) is 0 Å². The number of aromatic nitrogens is 2. The second-order valence-corrected chi connectivity index (χ2v) is 5.91. The van der Waals surface area contributed by atoms with Crippen LogP contribution in [-0.2, 0) is 0 Å². The summed E-state index contributed by atoms with van der Waals surface area (Å²) in [4.78, 5) is 10.9. The lowest BCUT2D eigenvalue weighted by Gasteiger charge is -2.07. The number of nitrogens with one attached hydrogen (secondary N) is 1. The van der Waals surface area contributed by atoms with E-state index in [4.69, 9.17) is 16.3 Å². The van der Waals surface area contributed by atoms with Crippen LogP contribution >= 0.6 is 22.9 Å². The molecule has 0 saturated heterocycles. The fraction of sp³-hybridized carbons (Fsp3) is 0.143. The SMILES string of the molecule is CNc1nc(Oc2cccc(Cl)c2)c2cc(C)sc2n1. The molecule has 1 N–H and O–H groups in total. The van der Waals surface area contributed by atoms with Crippen molar-refractivity contribution in [2.75, 3.05) is 12.4 Å². The summed E-state index contributed by atoms with van der Waals surface area (Å²) in [5.74, 6) is 1.73. The number of fused-ring (bicyclic) bond motifs is 1. The Kier molecular flexibility index (Phi) is 3.46. The summed E-state index contributed by atoms with van der Waals surface area (Å²) in [5.41, 5.74) is 0. The van der Waals surface area contributed by atoms with E-state index in [0.717, 1.165) is 10.2 Å². The first-order valence-corrected chi connectivity index (χ1v) is 7.24. The van der Waals surface area contributed by atoms with Crippen molar-refractivity contribution in [2.45, 2.75) is 6.92 Å². The third kappa shape index (κ3) is 2.55. The zero-order valence-electron chi connectivity index (χ0n) is 11.0. The Hall–Kier alpha value is -1.85. The maximum atomic E-state index is 5.97. The summed E-state index contributed by atoms with van der Waals surface area (Å²) in [5, 5.41) is 4.48. The van der Waals surface area contributed by atoms with Crippen LogP contribution in [0.15, 0.2) is 30.3 Å². The summed E-state index contributed by atoms with van der Waals surface area (Å²) in [6.07, 6.45) is 0. The van der Waals surface area contributed by atoms with Crippen LogP contribution in [0.5, 0.6) is 11.6 Å². The van der Waals surface area contributed by atoms with Gasteiger partial charge in [0.05, 0.1) is 5.39 Å². The fourth-order valence-electron chi connectivity index (χ4n) is 1.85.